The van der Waals surface area contributed by atoms with Crippen LogP contribution in [0.5, 0.6) is 0 Å². The van der Waals surface area contributed by atoms with E-state index in [2.05, 4.69) is 51.8 Å². The van der Waals surface area contributed by atoms with Gasteiger partial charge < -0.3 is 5.32 Å². The van der Waals surface area contributed by atoms with Crippen molar-refractivity contribution >= 4 is 0 Å². The molecule has 0 saturated carbocycles. The van der Waals surface area contributed by atoms with Gasteiger partial charge in [0.2, 0.25) is 0 Å². The van der Waals surface area contributed by atoms with E-state index in [0.717, 1.165) is 6.54 Å². The van der Waals surface area contributed by atoms with E-state index in [4.69, 9.17) is 0 Å². The summed E-state index contributed by atoms with van der Waals surface area (Å²) in [5.41, 5.74) is 0.673. The number of hydrogen-bond acceptors (Lipinski definition) is 2. The van der Waals surface area contributed by atoms with Crippen molar-refractivity contribution in [3.63, 3.8) is 0 Å². The summed E-state index contributed by atoms with van der Waals surface area (Å²) in [4.78, 5) is 2.70. The molecule has 0 bridgehead atoms. The van der Waals surface area contributed by atoms with E-state index in [1.165, 1.54) is 38.8 Å². The number of rotatable bonds is 5. The van der Waals surface area contributed by atoms with Crippen LogP contribution < -0.4 is 5.32 Å². The first kappa shape index (κ1) is 16.0. The molecule has 1 saturated heterocycles. The molecule has 1 aliphatic rings. The fraction of sp³-hybridized carbons (Fsp3) is 1.00. The lowest BCUT2D eigenvalue weighted by Gasteiger charge is -2.49. The highest BCUT2D eigenvalue weighted by Crippen LogP contribution is 2.27. The fourth-order valence-corrected chi connectivity index (χ4v) is 2.72. The second kappa shape index (κ2) is 6.38. The zero-order valence-electron chi connectivity index (χ0n) is 13.5. The molecule has 1 N–H and O–H groups in total. The first-order valence-corrected chi connectivity index (χ1v) is 7.76. The third-order valence-corrected chi connectivity index (χ3v) is 4.37. The maximum absolute atomic E-state index is 3.74. The van der Waals surface area contributed by atoms with Gasteiger partial charge in [-0.2, -0.15) is 0 Å². The van der Waals surface area contributed by atoms with Crippen LogP contribution >= 0.6 is 0 Å². The summed E-state index contributed by atoms with van der Waals surface area (Å²) >= 11 is 0. The Kier molecular flexibility index (Phi) is 5.67. The average molecular weight is 254 g/mol. The molecule has 0 aliphatic carbocycles. The van der Waals surface area contributed by atoms with E-state index in [0.29, 0.717) is 17.0 Å². The number of nitrogens with zero attached hydrogens (tertiary/aromatic N) is 1. The molecule has 1 unspecified atom stereocenters. The Morgan fingerprint density at radius 2 is 1.83 bits per heavy atom. The molecule has 1 rings (SSSR count). The molecule has 2 heteroatoms. The molecule has 0 aromatic heterocycles. The van der Waals surface area contributed by atoms with Crippen LogP contribution in [0.2, 0.25) is 0 Å². The van der Waals surface area contributed by atoms with Gasteiger partial charge >= 0.3 is 0 Å². The summed E-state index contributed by atoms with van der Waals surface area (Å²) < 4.78 is 0. The molecule has 0 spiro atoms. The first-order chi connectivity index (χ1) is 8.27. The van der Waals surface area contributed by atoms with E-state index < -0.39 is 0 Å². The van der Waals surface area contributed by atoms with Crippen LogP contribution in [0, 0.1) is 5.41 Å². The molecular formula is C16H34N2. The molecule has 1 aliphatic heterocycles. The molecule has 0 aromatic rings. The Labute approximate surface area is 115 Å². The lowest BCUT2D eigenvalue weighted by molar-refractivity contribution is 0.0347. The van der Waals surface area contributed by atoms with Gasteiger partial charge in [0.05, 0.1) is 0 Å². The Balaban J connectivity index is 2.50. The number of unbranched alkanes of at least 4 members (excludes halogenated alkanes) is 3. The molecule has 1 atom stereocenters. The van der Waals surface area contributed by atoms with Gasteiger partial charge in [-0.1, -0.05) is 47.0 Å². The predicted octanol–water partition coefficient (Wildman–Crippen LogP) is 3.67. The van der Waals surface area contributed by atoms with Crippen LogP contribution in [0.25, 0.3) is 0 Å². The quantitative estimate of drug-likeness (QED) is 0.753. The fourth-order valence-electron chi connectivity index (χ4n) is 2.72. The maximum atomic E-state index is 3.74. The Morgan fingerprint density at radius 1 is 1.17 bits per heavy atom. The van der Waals surface area contributed by atoms with Crippen LogP contribution in [0.3, 0.4) is 0 Å². The summed E-state index contributed by atoms with van der Waals surface area (Å²) in [5, 5.41) is 3.74. The smallest absolute Gasteiger partial charge is 0.0278 e. The van der Waals surface area contributed by atoms with Gasteiger partial charge in [0.25, 0.3) is 0 Å². The van der Waals surface area contributed by atoms with Gasteiger partial charge in [-0.05, 0) is 32.2 Å². The number of piperazine rings is 1. The van der Waals surface area contributed by atoms with Crippen molar-refractivity contribution in [2.45, 2.75) is 78.8 Å². The van der Waals surface area contributed by atoms with Crippen molar-refractivity contribution in [2.75, 3.05) is 19.6 Å². The van der Waals surface area contributed by atoms with E-state index in [1.807, 2.05) is 0 Å². The van der Waals surface area contributed by atoms with Crippen molar-refractivity contribution in [3.05, 3.63) is 0 Å². The summed E-state index contributed by atoms with van der Waals surface area (Å²) in [5.74, 6) is 0. The molecule has 1 heterocycles. The molecule has 0 aromatic carbocycles. The van der Waals surface area contributed by atoms with Crippen LogP contribution in [-0.4, -0.2) is 36.1 Å². The molecular weight excluding hydrogens is 220 g/mol. The molecule has 2 nitrogen and oxygen atoms in total. The standard InChI is InChI=1S/C16H34N2/c1-7-8-9-10-11-18-12-14(15(2,3)4)17-13-16(18,5)6/h14,17H,7-13H2,1-6H3. The van der Waals surface area contributed by atoms with Gasteiger partial charge in [0, 0.05) is 24.7 Å². The lowest BCUT2D eigenvalue weighted by atomic mass is 9.82. The largest absolute Gasteiger partial charge is 0.310 e. The monoisotopic (exact) mass is 254 g/mol. The van der Waals surface area contributed by atoms with Crippen LogP contribution in [0.15, 0.2) is 0 Å². The minimum absolute atomic E-state index is 0.313. The summed E-state index contributed by atoms with van der Waals surface area (Å²) in [6.07, 6.45) is 5.45. The Bertz CT molecular complexity index is 240. The van der Waals surface area contributed by atoms with Gasteiger partial charge in [0.1, 0.15) is 0 Å². The highest BCUT2D eigenvalue weighted by atomic mass is 15.3. The third-order valence-electron chi connectivity index (χ3n) is 4.37. The topological polar surface area (TPSA) is 15.3 Å². The summed E-state index contributed by atoms with van der Waals surface area (Å²) in [7, 11) is 0. The molecule has 108 valence electrons. The van der Waals surface area contributed by atoms with Gasteiger partial charge in [-0.25, -0.2) is 0 Å². The van der Waals surface area contributed by atoms with Gasteiger partial charge in [0.15, 0.2) is 0 Å². The van der Waals surface area contributed by atoms with Crippen molar-refractivity contribution in [2.24, 2.45) is 5.41 Å². The van der Waals surface area contributed by atoms with Gasteiger partial charge in [-0.15, -0.1) is 0 Å². The van der Waals surface area contributed by atoms with Crippen molar-refractivity contribution in [3.8, 4) is 0 Å². The second-order valence-corrected chi connectivity index (χ2v) is 7.62. The first-order valence-electron chi connectivity index (χ1n) is 7.76. The summed E-state index contributed by atoms with van der Waals surface area (Å²) in [6.45, 7) is 17.6. The zero-order chi connectivity index (χ0) is 13.8. The molecule has 1 fully saturated rings. The lowest BCUT2D eigenvalue weighted by Crippen LogP contribution is -2.64. The predicted molar refractivity (Wildman–Crippen MR) is 81.0 cm³/mol. The number of nitrogens with one attached hydrogen (secondary N) is 1. The highest BCUT2D eigenvalue weighted by molar-refractivity contribution is 4.96. The van der Waals surface area contributed by atoms with Crippen LogP contribution in [-0.2, 0) is 0 Å². The zero-order valence-corrected chi connectivity index (χ0v) is 13.5. The molecule has 0 amide bonds. The average Bonchev–Trinajstić information content (AvgIpc) is 2.24. The van der Waals surface area contributed by atoms with E-state index >= 15 is 0 Å². The summed E-state index contributed by atoms with van der Waals surface area (Å²) in [6, 6.07) is 0.622. The maximum Gasteiger partial charge on any atom is 0.0278 e. The molecule has 0 radical (unpaired) electrons. The minimum Gasteiger partial charge on any atom is -0.310 e. The van der Waals surface area contributed by atoms with E-state index in [1.54, 1.807) is 0 Å². The highest BCUT2D eigenvalue weighted by Gasteiger charge is 2.37. The van der Waals surface area contributed by atoms with Gasteiger partial charge in [-0.3, -0.25) is 4.90 Å². The van der Waals surface area contributed by atoms with Crippen molar-refractivity contribution < 1.29 is 0 Å². The third kappa shape index (κ3) is 4.55. The minimum atomic E-state index is 0.313. The Morgan fingerprint density at radius 3 is 2.39 bits per heavy atom. The van der Waals surface area contributed by atoms with Crippen molar-refractivity contribution in [1.29, 1.82) is 0 Å². The normalized spacial score (nSPS) is 25.3. The SMILES string of the molecule is CCCCCCN1CC(C(C)(C)C)NCC1(C)C. The van der Waals surface area contributed by atoms with Crippen LogP contribution in [0.4, 0.5) is 0 Å². The van der Waals surface area contributed by atoms with E-state index in [9.17, 15) is 0 Å². The second-order valence-electron chi connectivity index (χ2n) is 7.62. The Hall–Kier alpha value is -0.0800. The van der Waals surface area contributed by atoms with Crippen LogP contribution in [0.1, 0.15) is 67.2 Å². The molecule has 18 heavy (non-hydrogen) atoms. The van der Waals surface area contributed by atoms with E-state index in [-0.39, 0.29) is 0 Å². The van der Waals surface area contributed by atoms with Crippen molar-refractivity contribution in [1.82, 2.24) is 10.2 Å². The number of hydrogen-bond donors (Lipinski definition) is 1.